The summed E-state index contributed by atoms with van der Waals surface area (Å²) in [7, 11) is 0. The molecule has 0 bridgehead atoms. The summed E-state index contributed by atoms with van der Waals surface area (Å²) in [6.07, 6.45) is 4.26. The largest absolute Gasteiger partial charge is 0.388 e. The quantitative estimate of drug-likeness (QED) is 0.793. The van der Waals surface area contributed by atoms with Crippen molar-refractivity contribution in [3.05, 3.63) is 35.4 Å². The molecule has 1 aromatic carbocycles. The van der Waals surface area contributed by atoms with Crippen molar-refractivity contribution in [1.82, 2.24) is 5.32 Å². The molecular formula is C14H17NO3. The zero-order valence-corrected chi connectivity index (χ0v) is 10.2. The van der Waals surface area contributed by atoms with Crippen LogP contribution in [-0.4, -0.2) is 29.4 Å². The van der Waals surface area contributed by atoms with Crippen LogP contribution in [0.1, 0.15) is 46.4 Å². The van der Waals surface area contributed by atoms with Gasteiger partial charge in [-0.15, -0.1) is 0 Å². The Labute approximate surface area is 106 Å². The molecule has 0 atom stereocenters. The number of benzene rings is 1. The number of nitrogens with one attached hydrogen (secondary N) is 1. The SMILES string of the molecule is O=Cc1ccc(C(=O)NCC2(O)CCCC2)cc1. The Hall–Kier alpha value is -1.68. The van der Waals surface area contributed by atoms with E-state index >= 15 is 0 Å². The standard InChI is InChI=1S/C14H17NO3/c16-9-11-3-5-12(6-4-11)13(17)15-10-14(18)7-1-2-8-14/h3-6,9,18H,1-2,7-8,10H2,(H,15,17). The Morgan fingerprint density at radius 1 is 1.28 bits per heavy atom. The third kappa shape index (κ3) is 2.96. The molecule has 0 aliphatic heterocycles. The first-order chi connectivity index (χ1) is 8.63. The highest BCUT2D eigenvalue weighted by Crippen LogP contribution is 2.28. The Morgan fingerprint density at radius 3 is 2.44 bits per heavy atom. The normalized spacial score (nSPS) is 17.4. The predicted molar refractivity (Wildman–Crippen MR) is 67.6 cm³/mol. The van der Waals surface area contributed by atoms with Crippen LogP contribution in [0.5, 0.6) is 0 Å². The van der Waals surface area contributed by atoms with E-state index in [0.29, 0.717) is 17.7 Å². The van der Waals surface area contributed by atoms with Crippen molar-refractivity contribution < 1.29 is 14.7 Å². The van der Waals surface area contributed by atoms with Crippen molar-refractivity contribution in [3.63, 3.8) is 0 Å². The lowest BCUT2D eigenvalue weighted by Gasteiger charge is -2.22. The minimum Gasteiger partial charge on any atom is -0.388 e. The summed E-state index contributed by atoms with van der Waals surface area (Å²) in [4.78, 5) is 22.3. The molecule has 0 radical (unpaired) electrons. The number of rotatable bonds is 4. The van der Waals surface area contributed by atoms with Gasteiger partial charge in [-0.1, -0.05) is 25.0 Å². The topological polar surface area (TPSA) is 66.4 Å². The van der Waals surface area contributed by atoms with Gasteiger partial charge in [-0.05, 0) is 25.0 Å². The summed E-state index contributed by atoms with van der Waals surface area (Å²) in [6, 6.07) is 6.42. The number of hydrogen-bond acceptors (Lipinski definition) is 3. The Bertz CT molecular complexity index is 433. The molecule has 1 amide bonds. The van der Waals surface area contributed by atoms with E-state index in [1.807, 2.05) is 0 Å². The summed E-state index contributed by atoms with van der Waals surface area (Å²) in [6.45, 7) is 0.293. The number of carbonyl (C=O) groups excluding carboxylic acids is 2. The summed E-state index contributed by atoms with van der Waals surface area (Å²) < 4.78 is 0. The molecule has 1 saturated carbocycles. The summed E-state index contributed by atoms with van der Waals surface area (Å²) in [5.41, 5.74) is 0.307. The summed E-state index contributed by atoms with van der Waals surface area (Å²) in [5.74, 6) is -0.215. The molecule has 4 heteroatoms. The number of carbonyl (C=O) groups is 2. The van der Waals surface area contributed by atoms with E-state index in [4.69, 9.17) is 0 Å². The fourth-order valence-corrected chi connectivity index (χ4v) is 2.27. The molecule has 0 heterocycles. The van der Waals surface area contributed by atoms with Crippen LogP contribution in [0.15, 0.2) is 24.3 Å². The van der Waals surface area contributed by atoms with Crippen LogP contribution in [0.25, 0.3) is 0 Å². The minimum absolute atomic E-state index is 0.215. The van der Waals surface area contributed by atoms with Crippen LogP contribution in [0.2, 0.25) is 0 Å². The van der Waals surface area contributed by atoms with Gasteiger partial charge in [0.1, 0.15) is 6.29 Å². The second-order valence-corrected chi connectivity index (χ2v) is 4.85. The molecule has 0 spiro atoms. The van der Waals surface area contributed by atoms with Crippen molar-refractivity contribution in [2.24, 2.45) is 0 Å². The maximum atomic E-state index is 11.8. The van der Waals surface area contributed by atoms with E-state index < -0.39 is 5.60 Å². The maximum Gasteiger partial charge on any atom is 0.251 e. The van der Waals surface area contributed by atoms with E-state index in [2.05, 4.69) is 5.32 Å². The number of aldehydes is 1. The molecule has 96 valence electrons. The lowest BCUT2D eigenvalue weighted by atomic mass is 10.0. The fraction of sp³-hybridized carbons (Fsp3) is 0.429. The van der Waals surface area contributed by atoms with E-state index in [1.165, 1.54) is 0 Å². The van der Waals surface area contributed by atoms with E-state index in [0.717, 1.165) is 32.0 Å². The van der Waals surface area contributed by atoms with Gasteiger partial charge in [0.05, 0.1) is 5.60 Å². The number of amides is 1. The van der Waals surface area contributed by atoms with Crippen molar-refractivity contribution in [3.8, 4) is 0 Å². The van der Waals surface area contributed by atoms with Gasteiger partial charge < -0.3 is 10.4 Å². The molecule has 18 heavy (non-hydrogen) atoms. The molecule has 0 aromatic heterocycles. The predicted octanol–water partition coefficient (Wildman–Crippen LogP) is 1.53. The molecular weight excluding hydrogens is 230 g/mol. The lowest BCUT2D eigenvalue weighted by molar-refractivity contribution is 0.0449. The van der Waals surface area contributed by atoms with E-state index in [-0.39, 0.29) is 5.91 Å². The number of aliphatic hydroxyl groups is 1. The first-order valence-electron chi connectivity index (χ1n) is 6.19. The van der Waals surface area contributed by atoms with Crippen LogP contribution in [0.3, 0.4) is 0 Å². The Balaban J connectivity index is 1.92. The van der Waals surface area contributed by atoms with Gasteiger partial charge in [0, 0.05) is 17.7 Å². The molecule has 4 nitrogen and oxygen atoms in total. The molecule has 1 aliphatic rings. The van der Waals surface area contributed by atoms with E-state index in [1.54, 1.807) is 24.3 Å². The third-order valence-corrected chi connectivity index (χ3v) is 3.42. The van der Waals surface area contributed by atoms with Crippen molar-refractivity contribution in [1.29, 1.82) is 0 Å². The maximum absolute atomic E-state index is 11.8. The van der Waals surface area contributed by atoms with Gasteiger partial charge >= 0.3 is 0 Å². The second-order valence-electron chi connectivity index (χ2n) is 4.85. The molecule has 0 unspecified atom stereocenters. The highest BCUT2D eigenvalue weighted by Gasteiger charge is 2.31. The molecule has 0 saturated heterocycles. The zero-order valence-electron chi connectivity index (χ0n) is 10.2. The minimum atomic E-state index is -0.738. The molecule has 1 fully saturated rings. The average molecular weight is 247 g/mol. The van der Waals surface area contributed by atoms with Gasteiger partial charge in [0.25, 0.3) is 5.91 Å². The Morgan fingerprint density at radius 2 is 1.89 bits per heavy atom. The average Bonchev–Trinajstić information content (AvgIpc) is 2.83. The highest BCUT2D eigenvalue weighted by atomic mass is 16.3. The fourth-order valence-electron chi connectivity index (χ4n) is 2.27. The number of hydrogen-bond donors (Lipinski definition) is 2. The zero-order chi connectivity index (χ0) is 13.0. The van der Waals surface area contributed by atoms with Gasteiger partial charge in [0.15, 0.2) is 0 Å². The first-order valence-corrected chi connectivity index (χ1v) is 6.19. The van der Waals surface area contributed by atoms with Crippen LogP contribution in [0.4, 0.5) is 0 Å². The molecule has 1 aromatic rings. The van der Waals surface area contributed by atoms with E-state index in [9.17, 15) is 14.7 Å². The van der Waals surface area contributed by atoms with Crippen molar-refractivity contribution in [2.45, 2.75) is 31.3 Å². The second kappa shape index (κ2) is 5.31. The monoisotopic (exact) mass is 247 g/mol. The van der Waals surface area contributed by atoms with Crippen LogP contribution >= 0.6 is 0 Å². The van der Waals surface area contributed by atoms with Gasteiger partial charge in [0.2, 0.25) is 0 Å². The first kappa shape index (κ1) is 12.8. The van der Waals surface area contributed by atoms with Crippen LogP contribution < -0.4 is 5.32 Å². The molecule has 2 rings (SSSR count). The van der Waals surface area contributed by atoms with Crippen LogP contribution in [-0.2, 0) is 0 Å². The smallest absolute Gasteiger partial charge is 0.251 e. The third-order valence-electron chi connectivity index (χ3n) is 3.42. The molecule has 2 N–H and O–H groups in total. The van der Waals surface area contributed by atoms with Crippen molar-refractivity contribution >= 4 is 12.2 Å². The lowest BCUT2D eigenvalue weighted by Crippen LogP contribution is -2.40. The van der Waals surface area contributed by atoms with Crippen molar-refractivity contribution in [2.75, 3.05) is 6.54 Å². The summed E-state index contributed by atoms with van der Waals surface area (Å²) >= 11 is 0. The van der Waals surface area contributed by atoms with Gasteiger partial charge in [-0.25, -0.2) is 0 Å². The van der Waals surface area contributed by atoms with Gasteiger partial charge in [-0.2, -0.15) is 0 Å². The summed E-state index contributed by atoms with van der Waals surface area (Å²) in [5, 5.41) is 12.8. The Kier molecular flexibility index (Phi) is 3.77. The van der Waals surface area contributed by atoms with Crippen LogP contribution in [0, 0.1) is 0 Å². The molecule has 1 aliphatic carbocycles. The highest BCUT2D eigenvalue weighted by molar-refractivity contribution is 5.94. The van der Waals surface area contributed by atoms with Gasteiger partial charge in [-0.3, -0.25) is 9.59 Å².